The van der Waals surface area contributed by atoms with E-state index in [9.17, 15) is 4.79 Å². The Morgan fingerprint density at radius 3 is 2.34 bits per heavy atom. The van der Waals surface area contributed by atoms with E-state index in [0.717, 1.165) is 27.6 Å². The SMILES string of the molecule is C=CC(S/C(=C\C)C(=O)C(C)C)c1ccc(-c2cc(Oc3ccc(SC)cc3)cc(O[C@@H](C)COC)c2)[nH]1. The summed E-state index contributed by atoms with van der Waals surface area (Å²) in [4.78, 5) is 18.0. The number of nitrogens with one attached hydrogen (secondary N) is 1. The zero-order valence-corrected chi connectivity index (χ0v) is 24.6. The number of aromatic amines is 1. The van der Waals surface area contributed by atoms with Crippen LogP contribution in [0.3, 0.4) is 0 Å². The molecule has 0 radical (unpaired) electrons. The van der Waals surface area contributed by atoms with Crippen LogP contribution < -0.4 is 9.47 Å². The molecule has 0 saturated carbocycles. The molecule has 2 aromatic carbocycles. The van der Waals surface area contributed by atoms with E-state index in [1.807, 2.05) is 101 Å². The van der Waals surface area contributed by atoms with Crippen LogP contribution in [-0.2, 0) is 9.53 Å². The fraction of sp³-hybridized carbons (Fsp3) is 0.323. The van der Waals surface area contributed by atoms with Crippen molar-refractivity contribution in [1.82, 2.24) is 4.98 Å². The highest BCUT2D eigenvalue weighted by Gasteiger charge is 2.20. The number of hydrogen-bond acceptors (Lipinski definition) is 6. The van der Waals surface area contributed by atoms with Crippen LogP contribution in [0.1, 0.15) is 38.6 Å². The van der Waals surface area contributed by atoms with E-state index in [-0.39, 0.29) is 23.1 Å². The number of rotatable bonds is 14. The van der Waals surface area contributed by atoms with Gasteiger partial charge in [-0.05, 0) is 68.6 Å². The predicted molar refractivity (Wildman–Crippen MR) is 161 cm³/mol. The number of carbonyl (C=O) groups is 1. The number of hydrogen-bond donors (Lipinski definition) is 1. The summed E-state index contributed by atoms with van der Waals surface area (Å²) < 4.78 is 17.6. The van der Waals surface area contributed by atoms with Crippen molar-refractivity contribution in [2.45, 2.75) is 43.9 Å². The molecule has 202 valence electrons. The van der Waals surface area contributed by atoms with Crippen LogP contribution >= 0.6 is 23.5 Å². The van der Waals surface area contributed by atoms with E-state index < -0.39 is 0 Å². The molecule has 0 saturated heterocycles. The molecule has 0 amide bonds. The van der Waals surface area contributed by atoms with Gasteiger partial charge in [-0.15, -0.1) is 30.1 Å². The van der Waals surface area contributed by atoms with Gasteiger partial charge >= 0.3 is 0 Å². The summed E-state index contributed by atoms with van der Waals surface area (Å²) in [7, 11) is 1.66. The summed E-state index contributed by atoms with van der Waals surface area (Å²) in [6.45, 7) is 12.2. The lowest BCUT2D eigenvalue weighted by Crippen LogP contribution is -2.17. The highest BCUT2D eigenvalue weighted by atomic mass is 32.2. The Hall–Kier alpha value is -2.87. The average molecular weight is 552 g/mol. The van der Waals surface area contributed by atoms with Crippen molar-refractivity contribution in [3.05, 3.63) is 83.9 Å². The van der Waals surface area contributed by atoms with Gasteiger partial charge in [-0.2, -0.15) is 0 Å². The molecule has 5 nitrogen and oxygen atoms in total. The second-order valence-electron chi connectivity index (χ2n) is 9.13. The average Bonchev–Trinajstić information content (AvgIpc) is 3.40. The van der Waals surface area contributed by atoms with E-state index in [2.05, 4.69) is 11.6 Å². The molecule has 0 spiro atoms. The number of H-pyrrole nitrogens is 1. The van der Waals surface area contributed by atoms with Gasteiger partial charge in [0.15, 0.2) is 5.78 Å². The number of Topliss-reactive ketones (excluding diaryl/α,β-unsaturated/α-hetero) is 1. The molecule has 7 heteroatoms. The Kier molecular flexibility index (Phi) is 11.2. The van der Waals surface area contributed by atoms with Gasteiger partial charge in [0.25, 0.3) is 0 Å². The standard InChI is InChI=1S/C31H37NO4S2/c1-8-29(38-30(9-2)31(33)20(3)4)28-15-14-27(32-28)22-16-24(35-21(5)19-34-6)18-25(17-22)36-23-10-12-26(37-7)13-11-23/h8-18,20-21,29,32H,1,19H2,2-7H3/b30-9-/t21-,29?/m0/s1. The zero-order chi connectivity index (χ0) is 27.7. The lowest BCUT2D eigenvalue weighted by atomic mass is 10.1. The number of allylic oxidation sites excluding steroid dienone is 2. The molecule has 3 aromatic rings. The Morgan fingerprint density at radius 2 is 1.74 bits per heavy atom. The minimum atomic E-state index is -0.123. The van der Waals surface area contributed by atoms with Crippen molar-refractivity contribution in [3.63, 3.8) is 0 Å². The summed E-state index contributed by atoms with van der Waals surface area (Å²) in [5.41, 5.74) is 2.80. The van der Waals surface area contributed by atoms with Crippen LogP contribution in [0.5, 0.6) is 17.2 Å². The lowest BCUT2D eigenvalue weighted by molar-refractivity contribution is -0.117. The largest absolute Gasteiger partial charge is 0.488 e. The molecule has 0 aliphatic carbocycles. The van der Waals surface area contributed by atoms with E-state index in [4.69, 9.17) is 14.2 Å². The Bertz CT molecular complexity index is 1250. The summed E-state index contributed by atoms with van der Waals surface area (Å²) in [6, 6.07) is 17.9. The van der Waals surface area contributed by atoms with Gasteiger partial charge in [0.1, 0.15) is 23.4 Å². The van der Waals surface area contributed by atoms with E-state index >= 15 is 0 Å². The van der Waals surface area contributed by atoms with Crippen molar-refractivity contribution in [3.8, 4) is 28.5 Å². The molecular formula is C31H37NO4S2. The molecule has 0 bridgehead atoms. The first kappa shape index (κ1) is 29.7. The maximum Gasteiger partial charge on any atom is 0.171 e. The lowest BCUT2D eigenvalue weighted by Gasteiger charge is -2.16. The van der Waals surface area contributed by atoms with E-state index in [1.54, 1.807) is 18.9 Å². The van der Waals surface area contributed by atoms with Gasteiger partial charge in [0.2, 0.25) is 0 Å². The first-order chi connectivity index (χ1) is 18.3. The summed E-state index contributed by atoms with van der Waals surface area (Å²) in [5, 5.41) is -0.0931. The number of methoxy groups -OCH3 is 1. The summed E-state index contributed by atoms with van der Waals surface area (Å²) in [5.74, 6) is 2.19. The number of benzene rings is 2. The monoisotopic (exact) mass is 551 g/mol. The molecule has 0 fully saturated rings. The van der Waals surface area contributed by atoms with Crippen LogP contribution in [0.25, 0.3) is 11.3 Å². The highest BCUT2D eigenvalue weighted by molar-refractivity contribution is 8.04. The third kappa shape index (κ3) is 8.06. The molecule has 0 aliphatic rings. The molecule has 1 heterocycles. The number of ketones is 1. The molecule has 38 heavy (non-hydrogen) atoms. The second-order valence-corrected chi connectivity index (χ2v) is 11.2. The fourth-order valence-electron chi connectivity index (χ4n) is 3.81. The van der Waals surface area contributed by atoms with Crippen LogP contribution in [0, 0.1) is 5.92 Å². The molecule has 3 rings (SSSR count). The number of carbonyl (C=O) groups excluding carboxylic acids is 1. The second kappa shape index (κ2) is 14.3. The van der Waals surface area contributed by atoms with Crippen LogP contribution in [0.4, 0.5) is 0 Å². The molecule has 1 N–H and O–H groups in total. The Morgan fingerprint density at radius 1 is 1.03 bits per heavy atom. The molecule has 1 aromatic heterocycles. The van der Waals surface area contributed by atoms with Crippen molar-refractivity contribution in [2.75, 3.05) is 20.0 Å². The Balaban J connectivity index is 1.92. The van der Waals surface area contributed by atoms with Crippen molar-refractivity contribution >= 4 is 29.3 Å². The molecule has 1 unspecified atom stereocenters. The topological polar surface area (TPSA) is 60.6 Å². The fourth-order valence-corrected chi connectivity index (χ4v) is 5.34. The smallest absolute Gasteiger partial charge is 0.171 e. The molecular weight excluding hydrogens is 514 g/mol. The first-order valence-electron chi connectivity index (χ1n) is 12.6. The van der Waals surface area contributed by atoms with Crippen molar-refractivity contribution in [1.29, 1.82) is 0 Å². The minimum Gasteiger partial charge on any atom is -0.488 e. The van der Waals surface area contributed by atoms with E-state index in [1.165, 1.54) is 16.7 Å². The molecule has 2 atom stereocenters. The normalized spacial score (nSPS) is 13.3. The van der Waals surface area contributed by atoms with Gasteiger partial charge in [-0.3, -0.25) is 4.79 Å². The number of thioether (sulfide) groups is 2. The predicted octanol–water partition coefficient (Wildman–Crippen LogP) is 8.70. The van der Waals surface area contributed by atoms with Crippen LogP contribution in [-0.4, -0.2) is 36.8 Å². The van der Waals surface area contributed by atoms with Crippen LogP contribution in [0.2, 0.25) is 0 Å². The zero-order valence-electron chi connectivity index (χ0n) is 22.9. The maximum absolute atomic E-state index is 12.6. The molecule has 0 aliphatic heterocycles. The van der Waals surface area contributed by atoms with Gasteiger partial charge in [-0.1, -0.05) is 26.0 Å². The highest BCUT2D eigenvalue weighted by Crippen LogP contribution is 2.39. The number of aromatic nitrogens is 1. The van der Waals surface area contributed by atoms with Crippen molar-refractivity contribution in [2.24, 2.45) is 5.92 Å². The Labute approximate surface area is 235 Å². The van der Waals surface area contributed by atoms with Gasteiger partial charge in [-0.25, -0.2) is 0 Å². The van der Waals surface area contributed by atoms with Crippen molar-refractivity contribution < 1.29 is 19.0 Å². The third-order valence-corrected chi connectivity index (χ3v) is 7.87. The first-order valence-corrected chi connectivity index (χ1v) is 14.7. The quantitative estimate of drug-likeness (QED) is 0.123. The maximum atomic E-state index is 12.6. The summed E-state index contributed by atoms with van der Waals surface area (Å²) >= 11 is 3.20. The van der Waals surface area contributed by atoms with E-state index in [0.29, 0.717) is 18.1 Å². The van der Waals surface area contributed by atoms with Gasteiger partial charge in [0, 0.05) is 45.8 Å². The van der Waals surface area contributed by atoms with Crippen LogP contribution in [0.15, 0.2) is 83.1 Å². The third-order valence-electron chi connectivity index (χ3n) is 5.74. The summed E-state index contributed by atoms with van der Waals surface area (Å²) in [6.07, 6.45) is 5.66. The van der Waals surface area contributed by atoms with Gasteiger partial charge in [0.05, 0.1) is 11.9 Å². The minimum absolute atomic E-state index is 0.0584. The number of ether oxygens (including phenoxy) is 3. The van der Waals surface area contributed by atoms with Gasteiger partial charge < -0.3 is 19.2 Å².